The van der Waals surface area contributed by atoms with Gasteiger partial charge in [-0.3, -0.25) is 4.98 Å². The van der Waals surface area contributed by atoms with Crippen LogP contribution in [-0.2, 0) is 6.42 Å². The van der Waals surface area contributed by atoms with Crippen molar-refractivity contribution >= 4 is 39.5 Å². The van der Waals surface area contributed by atoms with Crippen LogP contribution in [0.5, 0.6) is 5.75 Å². The second kappa shape index (κ2) is 9.81. The van der Waals surface area contributed by atoms with Crippen LogP contribution >= 0.6 is 0 Å². The summed E-state index contributed by atoms with van der Waals surface area (Å²) in [4.78, 5) is 18.9. The maximum absolute atomic E-state index is 9.54. The minimum Gasteiger partial charge on any atom is -0.508 e. The first-order valence-electron chi connectivity index (χ1n) is 12.6. The Morgan fingerprint density at radius 2 is 1.81 bits per heavy atom. The minimum atomic E-state index is 0.276. The fourth-order valence-corrected chi connectivity index (χ4v) is 4.99. The third kappa shape index (κ3) is 4.66. The number of fused-ring (bicyclic) bond motifs is 2. The Morgan fingerprint density at radius 1 is 0.944 bits per heavy atom. The molecule has 1 saturated carbocycles. The molecule has 0 spiro atoms. The molecular weight excluding hydrogens is 450 g/mol. The van der Waals surface area contributed by atoms with E-state index < -0.39 is 0 Å². The van der Waals surface area contributed by atoms with Crippen molar-refractivity contribution in [1.29, 1.82) is 0 Å². The zero-order chi connectivity index (χ0) is 24.3. The van der Waals surface area contributed by atoms with Gasteiger partial charge in [0.2, 0.25) is 5.95 Å². The van der Waals surface area contributed by atoms with Crippen LogP contribution in [0.1, 0.15) is 43.7 Å². The molecule has 6 rings (SSSR count). The van der Waals surface area contributed by atoms with Gasteiger partial charge < -0.3 is 20.3 Å². The molecule has 0 radical (unpaired) electrons. The van der Waals surface area contributed by atoms with E-state index in [-0.39, 0.29) is 5.75 Å². The summed E-state index contributed by atoms with van der Waals surface area (Å²) in [5.74, 6) is 1.53. The normalized spacial score (nSPS) is 14.3. The van der Waals surface area contributed by atoms with Crippen molar-refractivity contribution in [3.8, 4) is 5.75 Å². The van der Waals surface area contributed by atoms with Crippen molar-refractivity contribution in [3.63, 3.8) is 0 Å². The molecule has 8 nitrogen and oxygen atoms in total. The highest BCUT2D eigenvalue weighted by molar-refractivity contribution is 5.86. The third-order valence-electron chi connectivity index (χ3n) is 6.89. The van der Waals surface area contributed by atoms with E-state index in [0.717, 1.165) is 58.4 Å². The maximum atomic E-state index is 9.54. The third-order valence-corrected chi connectivity index (χ3v) is 6.89. The molecule has 8 heteroatoms. The molecule has 5 aromatic rings. The Labute approximate surface area is 209 Å². The lowest BCUT2D eigenvalue weighted by Gasteiger charge is -2.23. The first kappa shape index (κ1) is 22.3. The minimum absolute atomic E-state index is 0.276. The smallest absolute Gasteiger partial charge is 0.231 e. The van der Waals surface area contributed by atoms with Gasteiger partial charge in [-0.25, -0.2) is 4.98 Å². The van der Waals surface area contributed by atoms with Gasteiger partial charge >= 0.3 is 0 Å². The Morgan fingerprint density at radius 3 is 2.67 bits per heavy atom. The first-order chi connectivity index (χ1) is 17.7. The number of pyridine rings is 1. The predicted molar refractivity (Wildman–Crippen MR) is 143 cm³/mol. The second-order valence-electron chi connectivity index (χ2n) is 9.39. The lowest BCUT2D eigenvalue weighted by molar-refractivity contribution is 0.358. The van der Waals surface area contributed by atoms with E-state index in [4.69, 9.17) is 15.0 Å². The number of rotatable bonds is 7. The molecule has 0 atom stereocenters. The lowest BCUT2D eigenvalue weighted by atomic mass is 9.95. The van der Waals surface area contributed by atoms with Crippen LogP contribution in [0.25, 0.3) is 22.1 Å². The van der Waals surface area contributed by atoms with Crippen LogP contribution in [0.15, 0.2) is 67.1 Å². The molecule has 3 heterocycles. The Kier molecular flexibility index (Phi) is 6.07. The molecule has 0 saturated heterocycles. The number of anilines is 3. The topological polar surface area (TPSA) is 101 Å². The number of nitrogens with zero attached hydrogens (tertiary/aromatic N) is 5. The maximum Gasteiger partial charge on any atom is 0.231 e. The summed E-state index contributed by atoms with van der Waals surface area (Å²) >= 11 is 0. The summed E-state index contributed by atoms with van der Waals surface area (Å²) in [7, 11) is 0. The van der Waals surface area contributed by atoms with Crippen LogP contribution in [0.4, 0.5) is 17.5 Å². The van der Waals surface area contributed by atoms with Crippen molar-refractivity contribution in [2.45, 2.75) is 44.6 Å². The number of benzene rings is 2. The molecule has 2 aromatic carbocycles. The van der Waals surface area contributed by atoms with Gasteiger partial charge in [-0.15, -0.1) is 0 Å². The summed E-state index contributed by atoms with van der Waals surface area (Å²) in [6, 6.07) is 17.8. The molecule has 0 bridgehead atoms. The Bertz CT molecular complexity index is 1490. The van der Waals surface area contributed by atoms with Gasteiger partial charge in [0, 0.05) is 29.9 Å². The molecule has 1 aliphatic carbocycles. The van der Waals surface area contributed by atoms with Crippen molar-refractivity contribution < 1.29 is 5.11 Å². The van der Waals surface area contributed by atoms with Gasteiger partial charge in [0.15, 0.2) is 17.0 Å². The highest BCUT2D eigenvalue weighted by Crippen LogP contribution is 2.32. The standard InChI is InChI=1S/C28H29N7O/c36-23-11-8-19(9-12-23)14-16-30-26-25-27(35(18-31-25)22-6-2-1-3-7-22)34-28(33-26)32-21-10-13-24-20(17-21)5-4-15-29-24/h4-5,8-13,15,17-18,22,36H,1-3,6-7,14,16H2,(H2,30,32,33,34). The summed E-state index contributed by atoms with van der Waals surface area (Å²) in [6.07, 6.45) is 10.6. The molecular formula is C28H29N7O. The summed E-state index contributed by atoms with van der Waals surface area (Å²) in [5, 5.41) is 17.5. The summed E-state index contributed by atoms with van der Waals surface area (Å²) < 4.78 is 2.23. The number of imidazole rings is 1. The van der Waals surface area contributed by atoms with Crippen molar-refractivity contribution in [1.82, 2.24) is 24.5 Å². The average molecular weight is 480 g/mol. The monoisotopic (exact) mass is 479 g/mol. The number of hydrogen-bond acceptors (Lipinski definition) is 7. The van der Waals surface area contributed by atoms with Gasteiger partial charge in [0.25, 0.3) is 0 Å². The molecule has 1 aliphatic rings. The van der Waals surface area contributed by atoms with Gasteiger partial charge in [0.1, 0.15) is 5.75 Å². The quantitative estimate of drug-likeness (QED) is 0.264. The zero-order valence-electron chi connectivity index (χ0n) is 20.1. The molecule has 1 fully saturated rings. The summed E-state index contributed by atoms with van der Waals surface area (Å²) in [5.41, 5.74) is 4.65. The first-order valence-corrected chi connectivity index (χ1v) is 12.6. The van der Waals surface area contributed by atoms with Crippen LogP contribution in [0, 0.1) is 0 Å². The Hall–Kier alpha value is -4.20. The zero-order valence-corrected chi connectivity index (χ0v) is 20.1. The molecule has 0 unspecified atom stereocenters. The van der Waals surface area contributed by atoms with E-state index in [1.54, 1.807) is 18.3 Å². The number of nitrogens with one attached hydrogen (secondary N) is 2. The van der Waals surface area contributed by atoms with Gasteiger partial charge in [-0.05, 0) is 61.2 Å². The van der Waals surface area contributed by atoms with E-state index in [9.17, 15) is 5.11 Å². The second-order valence-corrected chi connectivity index (χ2v) is 9.39. The molecule has 3 aromatic heterocycles. The summed E-state index contributed by atoms with van der Waals surface area (Å²) in [6.45, 7) is 0.689. The van der Waals surface area contributed by atoms with Crippen molar-refractivity contribution in [3.05, 3.63) is 72.7 Å². The number of hydrogen-bond donors (Lipinski definition) is 3. The number of aromatic nitrogens is 5. The van der Waals surface area contributed by atoms with Gasteiger partial charge in [-0.2, -0.15) is 9.97 Å². The van der Waals surface area contributed by atoms with Gasteiger partial charge in [-0.1, -0.05) is 37.5 Å². The van der Waals surface area contributed by atoms with Crippen LogP contribution < -0.4 is 10.6 Å². The number of aromatic hydroxyl groups is 1. The molecule has 0 amide bonds. The van der Waals surface area contributed by atoms with Crippen molar-refractivity contribution in [2.75, 3.05) is 17.2 Å². The molecule has 3 N–H and O–H groups in total. The van der Waals surface area contributed by atoms with Crippen LogP contribution in [0.3, 0.4) is 0 Å². The SMILES string of the molecule is Oc1ccc(CCNc2nc(Nc3ccc4ncccc4c3)nc3c2ncn3C2CCCCC2)cc1. The van der Waals surface area contributed by atoms with Crippen LogP contribution in [-0.4, -0.2) is 36.2 Å². The van der Waals surface area contributed by atoms with E-state index in [1.165, 1.54) is 19.3 Å². The molecule has 36 heavy (non-hydrogen) atoms. The fourth-order valence-electron chi connectivity index (χ4n) is 4.99. The fraction of sp³-hybridized carbons (Fsp3) is 0.286. The highest BCUT2D eigenvalue weighted by Gasteiger charge is 2.21. The Balaban J connectivity index is 1.32. The number of phenolic OH excluding ortho intramolecular Hbond substituents is 1. The van der Waals surface area contributed by atoms with Crippen LogP contribution in [0.2, 0.25) is 0 Å². The van der Waals surface area contributed by atoms with E-state index in [2.05, 4.69) is 26.3 Å². The van der Waals surface area contributed by atoms with E-state index in [0.29, 0.717) is 18.5 Å². The number of phenols is 1. The largest absolute Gasteiger partial charge is 0.508 e. The van der Waals surface area contributed by atoms with Gasteiger partial charge in [0.05, 0.1) is 11.8 Å². The van der Waals surface area contributed by atoms with E-state index in [1.807, 2.05) is 42.7 Å². The predicted octanol–water partition coefficient (Wildman–Crippen LogP) is 5.98. The lowest BCUT2D eigenvalue weighted by Crippen LogP contribution is -2.13. The molecule has 0 aliphatic heterocycles. The molecule has 182 valence electrons. The average Bonchev–Trinajstić information content (AvgIpc) is 3.34. The van der Waals surface area contributed by atoms with E-state index >= 15 is 0 Å². The highest BCUT2D eigenvalue weighted by atomic mass is 16.3. The van der Waals surface area contributed by atoms with Crippen molar-refractivity contribution in [2.24, 2.45) is 0 Å².